The Hall–Kier alpha value is -2.63. The molecule has 0 aliphatic carbocycles. The van der Waals surface area contributed by atoms with Gasteiger partial charge in [0.2, 0.25) is 0 Å². The van der Waals surface area contributed by atoms with E-state index in [1.54, 1.807) is 14.2 Å². The molecule has 1 N–H and O–H groups in total. The van der Waals surface area contributed by atoms with Gasteiger partial charge >= 0.3 is 0 Å². The van der Waals surface area contributed by atoms with Crippen molar-refractivity contribution in [3.63, 3.8) is 0 Å². The van der Waals surface area contributed by atoms with Gasteiger partial charge in [0.1, 0.15) is 0 Å². The van der Waals surface area contributed by atoms with E-state index in [1.807, 2.05) is 18.2 Å². The van der Waals surface area contributed by atoms with Crippen LogP contribution in [0, 0.1) is 6.92 Å². The van der Waals surface area contributed by atoms with Crippen molar-refractivity contribution >= 4 is 10.9 Å². The predicted molar refractivity (Wildman–Crippen MR) is 116 cm³/mol. The molecule has 2 aromatic carbocycles. The third-order valence-corrected chi connectivity index (χ3v) is 5.79. The first-order valence-corrected chi connectivity index (χ1v) is 10.1. The molecule has 0 radical (unpaired) electrons. The van der Waals surface area contributed by atoms with Crippen LogP contribution in [-0.2, 0) is 6.54 Å². The van der Waals surface area contributed by atoms with Crippen molar-refractivity contribution in [3.05, 3.63) is 53.6 Å². The molecule has 1 saturated heterocycles. The van der Waals surface area contributed by atoms with Crippen LogP contribution in [0.4, 0.5) is 0 Å². The number of fused-ring (bicyclic) bond motifs is 1. The second kappa shape index (κ2) is 8.39. The predicted octanol–water partition coefficient (Wildman–Crippen LogP) is 4.18. The zero-order valence-electron chi connectivity index (χ0n) is 17.3. The summed E-state index contributed by atoms with van der Waals surface area (Å²) < 4.78 is 10.9. The Balaban J connectivity index is 1.83. The van der Waals surface area contributed by atoms with Crippen LogP contribution >= 0.6 is 0 Å². The van der Waals surface area contributed by atoms with Crippen LogP contribution in [-0.4, -0.2) is 48.4 Å². The monoisotopic (exact) mass is 392 g/mol. The van der Waals surface area contributed by atoms with E-state index in [1.165, 1.54) is 5.56 Å². The van der Waals surface area contributed by atoms with Crippen LogP contribution < -0.4 is 9.47 Å². The summed E-state index contributed by atoms with van der Waals surface area (Å²) in [6.07, 6.45) is 2.17. The minimum atomic E-state index is 0.200. The number of aryl methyl sites for hydroxylation is 1. The van der Waals surface area contributed by atoms with E-state index in [0.29, 0.717) is 11.5 Å². The fourth-order valence-electron chi connectivity index (χ4n) is 4.20. The lowest BCUT2D eigenvalue weighted by molar-refractivity contribution is 0.153. The van der Waals surface area contributed by atoms with Crippen LogP contribution in [0.1, 0.15) is 24.0 Å². The van der Waals surface area contributed by atoms with Crippen molar-refractivity contribution in [3.8, 4) is 22.8 Å². The first-order valence-electron chi connectivity index (χ1n) is 10.1. The maximum absolute atomic E-state index is 9.74. The number of hydrogen-bond acceptors (Lipinski definition) is 5. The van der Waals surface area contributed by atoms with Gasteiger partial charge in [0.05, 0.1) is 32.0 Å². The average molecular weight is 392 g/mol. The zero-order chi connectivity index (χ0) is 20.4. The Labute approximate surface area is 171 Å². The van der Waals surface area contributed by atoms with Gasteiger partial charge in [-0.3, -0.25) is 4.90 Å². The standard InChI is InChI=1S/C24H28N2O3/c1-16-6-7-17-12-19(14-26-10-4-5-20(26)15-27)24(25-21(17)11-16)18-8-9-22(28-2)23(13-18)29-3/h6-9,11-13,20,27H,4-5,10,14-15H2,1-3H3/t20-/m1/s1. The van der Waals surface area contributed by atoms with Crippen LogP contribution in [0.5, 0.6) is 11.5 Å². The Bertz CT molecular complexity index is 1020. The fraction of sp³-hybridized carbons (Fsp3) is 0.375. The van der Waals surface area contributed by atoms with E-state index in [-0.39, 0.29) is 12.6 Å². The maximum atomic E-state index is 9.74. The normalized spacial score (nSPS) is 17.0. The summed E-state index contributed by atoms with van der Waals surface area (Å²) in [6.45, 7) is 4.06. The highest BCUT2D eigenvalue weighted by molar-refractivity contribution is 5.84. The van der Waals surface area contributed by atoms with Crippen molar-refractivity contribution in [1.82, 2.24) is 9.88 Å². The molecule has 0 saturated carbocycles. The number of benzene rings is 2. The molecular formula is C24H28N2O3. The second-order valence-corrected chi connectivity index (χ2v) is 7.71. The lowest BCUT2D eigenvalue weighted by atomic mass is 10.0. The van der Waals surface area contributed by atoms with Gasteiger partial charge in [-0.25, -0.2) is 4.98 Å². The van der Waals surface area contributed by atoms with Crippen LogP contribution in [0.15, 0.2) is 42.5 Å². The van der Waals surface area contributed by atoms with Gasteiger partial charge in [-0.1, -0.05) is 12.1 Å². The molecule has 2 heterocycles. The number of hydrogen-bond donors (Lipinski definition) is 1. The SMILES string of the molecule is COc1ccc(-c2nc3cc(C)ccc3cc2CN2CCC[C@@H]2CO)cc1OC. The Morgan fingerprint density at radius 2 is 1.90 bits per heavy atom. The van der Waals surface area contributed by atoms with Crippen molar-refractivity contribution < 1.29 is 14.6 Å². The lowest BCUT2D eigenvalue weighted by Crippen LogP contribution is -2.31. The molecule has 5 nitrogen and oxygen atoms in total. The smallest absolute Gasteiger partial charge is 0.161 e. The average Bonchev–Trinajstić information content (AvgIpc) is 3.20. The number of aromatic nitrogens is 1. The van der Waals surface area contributed by atoms with Crippen LogP contribution in [0.3, 0.4) is 0 Å². The number of aliphatic hydroxyl groups is 1. The number of ether oxygens (including phenoxy) is 2. The molecule has 0 bridgehead atoms. The molecule has 0 amide bonds. The van der Waals surface area contributed by atoms with Gasteiger partial charge in [0, 0.05) is 23.5 Å². The van der Waals surface area contributed by atoms with E-state index >= 15 is 0 Å². The first-order chi connectivity index (χ1) is 14.1. The molecule has 1 aliphatic rings. The van der Waals surface area contributed by atoms with Crippen molar-refractivity contribution in [2.75, 3.05) is 27.4 Å². The van der Waals surface area contributed by atoms with E-state index in [2.05, 4.69) is 36.1 Å². The molecule has 1 fully saturated rings. The van der Waals surface area contributed by atoms with Crippen molar-refractivity contribution in [2.24, 2.45) is 0 Å². The summed E-state index contributed by atoms with van der Waals surface area (Å²) in [5.41, 5.74) is 5.29. The van der Waals surface area contributed by atoms with Crippen molar-refractivity contribution in [2.45, 2.75) is 32.4 Å². The molecule has 0 unspecified atom stereocenters. The Morgan fingerprint density at radius 1 is 1.07 bits per heavy atom. The molecule has 1 atom stereocenters. The van der Waals surface area contributed by atoms with Crippen LogP contribution in [0.25, 0.3) is 22.2 Å². The third kappa shape index (κ3) is 3.93. The summed E-state index contributed by atoms with van der Waals surface area (Å²) in [6, 6.07) is 14.8. The minimum absolute atomic E-state index is 0.200. The Morgan fingerprint density at radius 3 is 2.66 bits per heavy atom. The molecular weight excluding hydrogens is 364 g/mol. The summed E-state index contributed by atoms with van der Waals surface area (Å²) in [5, 5.41) is 10.9. The summed E-state index contributed by atoms with van der Waals surface area (Å²) in [7, 11) is 3.29. The molecule has 1 aliphatic heterocycles. The van der Waals surface area contributed by atoms with Gasteiger partial charge in [-0.15, -0.1) is 0 Å². The number of pyridine rings is 1. The molecule has 152 valence electrons. The largest absolute Gasteiger partial charge is 0.493 e. The van der Waals surface area contributed by atoms with Crippen molar-refractivity contribution in [1.29, 1.82) is 0 Å². The third-order valence-electron chi connectivity index (χ3n) is 5.79. The molecule has 4 rings (SSSR count). The van der Waals surface area contributed by atoms with E-state index in [9.17, 15) is 5.11 Å². The number of aliphatic hydroxyl groups excluding tert-OH is 1. The highest BCUT2D eigenvalue weighted by Gasteiger charge is 2.25. The first kappa shape index (κ1) is 19.7. The van der Waals surface area contributed by atoms with Gasteiger partial charge < -0.3 is 14.6 Å². The highest BCUT2D eigenvalue weighted by Crippen LogP contribution is 2.35. The number of methoxy groups -OCH3 is 2. The van der Waals surface area contributed by atoms with Crippen LogP contribution in [0.2, 0.25) is 0 Å². The van der Waals surface area contributed by atoms with Gasteiger partial charge in [0.25, 0.3) is 0 Å². The van der Waals surface area contributed by atoms with E-state index in [4.69, 9.17) is 14.5 Å². The number of rotatable bonds is 6. The van der Waals surface area contributed by atoms with E-state index in [0.717, 1.165) is 53.7 Å². The molecule has 0 spiro atoms. The minimum Gasteiger partial charge on any atom is -0.493 e. The molecule has 3 aromatic rings. The molecule has 1 aromatic heterocycles. The topological polar surface area (TPSA) is 54.8 Å². The van der Waals surface area contributed by atoms with Gasteiger partial charge in [-0.05, 0) is 67.8 Å². The van der Waals surface area contributed by atoms with Gasteiger partial charge in [-0.2, -0.15) is 0 Å². The summed E-state index contributed by atoms with van der Waals surface area (Å²) in [5.74, 6) is 1.39. The number of likely N-dealkylation sites (tertiary alicyclic amines) is 1. The molecule has 5 heteroatoms. The van der Waals surface area contributed by atoms with E-state index < -0.39 is 0 Å². The quantitative estimate of drug-likeness (QED) is 0.682. The second-order valence-electron chi connectivity index (χ2n) is 7.71. The Kier molecular flexibility index (Phi) is 5.69. The zero-order valence-corrected chi connectivity index (χ0v) is 17.3. The number of nitrogens with zero attached hydrogens (tertiary/aromatic N) is 2. The molecule has 29 heavy (non-hydrogen) atoms. The maximum Gasteiger partial charge on any atom is 0.161 e. The summed E-state index contributed by atoms with van der Waals surface area (Å²) >= 11 is 0. The fourth-order valence-corrected chi connectivity index (χ4v) is 4.20. The summed E-state index contributed by atoms with van der Waals surface area (Å²) in [4.78, 5) is 7.41. The van der Waals surface area contributed by atoms with Gasteiger partial charge in [0.15, 0.2) is 11.5 Å². The lowest BCUT2D eigenvalue weighted by Gasteiger charge is -2.24. The highest BCUT2D eigenvalue weighted by atomic mass is 16.5.